The van der Waals surface area contributed by atoms with Crippen LogP contribution in [0.5, 0.6) is 57.5 Å². The molecule has 20 rings (SSSR count). The fourth-order valence-corrected chi connectivity index (χ4v) is 16.5. The van der Waals surface area contributed by atoms with E-state index in [1.54, 1.807) is 82.9 Å². The first kappa shape index (κ1) is 96.7. The van der Waals surface area contributed by atoms with Gasteiger partial charge < -0.3 is 78.5 Å². The van der Waals surface area contributed by atoms with Gasteiger partial charge in [-0.15, -0.1) is 43.9 Å². The van der Waals surface area contributed by atoms with Crippen molar-refractivity contribution < 1.29 is 120 Å². The van der Waals surface area contributed by atoms with Crippen molar-refractivity contribution in [3.8, 4) is 114 Å². The molecule has 0 aliphatic carbocycles. The Labute approximate surface area is 796 Å². The minimum absolute atomic E-state index is 0.000576. The summed E-state index contributed by atoms with van der Waals surface area (Å²) in [5, 5.41) is 20.7. The maximum Gasteiger partial charge on any atom is 0.586 e. The second-order valence-corrected chi connectivity index (χ2v) is 33.1. The first-order chi connectivity index (χ1) is 66.6. The van der Waals surface area contributed by atoms with Crippen molar-refractivity contribution in [1.82, 2.24) is 68.0 Å². The number of pyridine rings is 1. The van der Waals surface area contributed by atoms with Gasteiger partial charge in [-0.3, -0.25) is 43.9 Å². The lowest BCUT2D eigenvalue weighted by Gasteiger charge is -2.09. The molecule has 1 atom stereocenters. The predicted molar refractivity (Wildman–Crippen MR) is 484 cm³/mol. The van der Waals surface area contributed by atoms with Crippen molar-refractivity contribution >= 4 is 93.0 Å². The molecular formula is C92H72F11N19O15S3. The fourth-order valence-electron chi connectivity index (χ4n) is 14.2. The molecule has 0 bridgehead atoms. The number of thiophene rings is 1. The van der Waals surface area contributed by atoms with Crippen molar-refractivity contribution in [2.45, 2.75) is 126 Å². The van der Waals surface area contributed by atoms with Gasteiger partial charge in [0.2, 0.25) is 0 Å². The molecule has 48 heteroatoms. The summed E-state index contributed by atoms with van der Waals surface area (Å²) in [6.07, 6.45) is 0.829. The average Bonchev–Trinajstić information content (AvgIpc) is 1.64. The van der Waals surface area contributed by atoms with Crippen LogP contribution in [-0.4, -0.2) is 129 Å². The third kappa shape index (κ3) is 22.0. The van der Waals surface area contributed by atoms with Gasteiger partial charge in [0.1, 0.15) is 27.0 Å². The highest BCUT2D eigenvalue weighted by atomic mass is 32.1. The summed E-state index contributed by atoms with van der Waals surface area (Å²) in [5.74, 6) is -0.847. The second kappa shape index (κ2) is 39.4. The smallest absolute Gasteiger partial charge is 0.395 e. The Morgan fingerprint density at radius 2 is 0.693 bits per heavy atom. The molecule has 0 saturated carbocycles. The lowest BCUT2D eigenvalue weighted by Crippen LogP contribution is -2.25. The Balaban J connectivity index is 0.000000126. The molecule has 0 spiro atoms. The molecule has 34 nitrogen and oxygen atoms in total. The second-order valence-electron chi connectivity index (χ2n) is 30.7. The van der Waals surface area contributed by atoms with Crippen LogP contribution in [0.3, 0.4) is 0 Å². The summed E-state index contributed by atoms with van der Waals surface area (Å²) in [5.41, 5.74) is 12.5. The number of aromatic nitrogens is 14. The van der Waals surface area contributed by atoms with Crippen molar-refractivity contribution in [1.29, 1.82) is 0 Å². The van der Waals surface area contributed by atoms with Gasteiger partial charge in [0.25, 0.3) is 29.5 Å². The Morgan fingerprint density at radius 1 is 0.364 bits per heavy atom. The molecule has 15 aromatic rings. The largest absolute Gasteiger partial charge is 0.586 e. The normalized spacial score (nSPS) is 14.4. The van der Waals surface area contributed by atoms with Gasteiger partial charge in [0, 0.05) is 70.7 Å². The van der Waals surface area contributed by atoms with E-state index in [1.165, 1.54) is 141 Å². The first-order valence-electron chi connectivity index (χ1n) is 41.7. The molecule has 5 aromatic carbocycles. The monoisotopic (exact) mass is 1990 g/mol. The summed E-state index contributed by atoms with van der Waals surface area (Å²) < 4.78 is 201. The number of carbonyl (C=O) groups excluding carboxylic acids is 5. The average molecular weight is 1990 g/mol. The Morgan fingerprint density at radius 3 is 1.01 bits per heavy atom. The van der Waals surface area contributed by atoms with Crippen molar-refractivity contribution in [3.63, 3.8) is 0 Å². The zero-order chi connectivity index (χ0) is 99.6. The maximum atomic E-state index is 13.5. The van der Waals surface area contributed by atoms with Gasteiger partial charge in [-0.05, 0) is 238 Å². The van der Waals surface area contributed by atoms with Gasteiger partial charge in [0.05, 0.1) is 77.9 Å². The number of alkyl halides is 11. The van der Waals surface area contributed by atoms with E-state index in [0.29, 0.717) is 130 Å². The van der Waals surface area contributed by atoms with Crippen molar-refractivity contribution in [2.75, 3.05) is 26.6 Å². The van der Waals surface area contributed by atoms with Gasteiger partial charge in [0.15, 0.2) is 87.1 Å². The van der Waals surface area contributed by atoms with E-state index in [9.17, 15) is 72.3 Å². The lowest BCUT2D eigenvalue weighted by molar-refractivity contribution is -0.287. The van der Waals surface area contributed by atoms with Crippen LogP contribution in [0, 0.1) is 41.5 Å². The van der Waals surface area contributed by atoms with Crippen molar-refractivity contribution in [2.24, 2.45) is 0 Å². The van der Waals surface area contributed by atoms with E-state index in [-0.39, 0.29) is 104 Å². The van der Waals surface area contributed by atoms with Crippen LogP contribution in [0.25, 0.3) is 56.2 Å². The number of ether oxygens (including phenoxy) is 10. The molecule has 0 radical (unpaired) electrons. The molecule has 5 aliphatic rings. The minimum Gasteiger partial charge on any atom is -0.395 e. The molecule has 720 valence electrons. The number of aryl methyl sites for hydroxylation is 9. The summed E-state index contributed by atoms with van der Waals surface area (Å²) >= 11 is 3.70. The minimum atomic E-state index is -3.71. The topological polar surface area (TPSA) is 402 Å². The van der Waals surface area contributed by atoms with E-state index in [0.717, 1.165) is 50.0 Å². The van der Waals surface area contributed by atoms with Gasteiger partial charge in [-0.1, -0.05) is 13.8 Å². The highest BCUT2D eigenvalue weighted by Gasteiger charge is 2.48. The lowest BCUT2D eigenvalue weighted by atomic mass is 10.0. The van der Waals surface area contributed by atoms with Crippen molar-refractivity contribution in [3.05, 3.63) is 254 Å². The highest BCUT2D eigenvalue weighted by molar-refractivity contribution is 7.09. The van der Waals surface area contributed by atoms with Crippen LogP contribution in [0.1, 0.15) is 129 Å². The number of nitrogens with zero attached hydrogens (tertiary/aromatic N) is 14. The van der Waals surface area contributed by atoms with E-state index >= 15 is 0 Å². The quantitative estimate of drug-likeness (QED) is 0.0469. The van der Waals surface area contributed by atoms with E-state index in [2.05, 4.69) is 133 Å². The SMILES string of the molecule is CCc1cnsc1C(=O)Nc1ccc(-c2cc3c(cc2C)OC(F)(F)O3)cn1.CCc1cnsc1C(=O)Nc1cnc(-c2cc3c(cc2C)OC(F)(F)O3)cn1.CCn1cccc1C(=O)Nc1cnc(-c2cc3c(cc2C)OC(F)(F)O3)cn1.Cc1cc2c(cc1-c1cnc(NC(=O)c3ccnn3C(C)F)cn1)OC(F)(F)O2.Cc1cscc1C(=O)Nc1cnc(-c2cc3c(cc2C)OC(F)(F)O3)cn1. The van der Waals surface area contributed by atoms with E-state index in [1.807, 2.05) is 43.8 Å². The molecule has 0 saturated heterocycles. The Bertz CT molecular complexity index is 6840. The number of hydrogen-bond donors (Lipinski definition) is 5. The van der Waals surface area contributed by atoms with E-state index in [4.69, 9.17) is 0 Å². The number of nitrogens with one attached hydrogen (secondary N) is 5. The number of anilines is 5. The number of hydrogen-bond acceptors (Lipinski definition) is 30. The number of fused-ring (bicyclic) bond motifs is 5. The highest BCUT2D eigenvalue weighted by Crippen LogP contribution is 2.50. The van der Waals surface area contributed by atoms with Crippen LogP contribution in [0.2, 0.25) is 0 Å². The zero-order valence-corrected chi connectivity index (χ0v) is 76.7. The predicted octanol–water partition coefficient (Wildman–Crippen LogP) is 20.6. The summed E-state index contributed by atoms with van der Waals surface area (Å²) in [7, 11) is 0. The summed E-state index contributed by atoms with van der Waals surface area (Å²) in [6, 6.07) is 22.7. The Kier molecular flexibility index (Phi) is 27.2. The van der Waals surface area contributed by atoms with Gasteiger partial charge in [-0.25, -0.2) is 42.7 Å². The van der Waals surface area contributed by atoms with Gasteiger partial charge in [-0.2, -0.15) is 16.4 Å². The molecule has 1 unspecified atom stereocenters. The number of halogens is 11. The fraction of sp³-hybridized carbons (Fsp3) is 0.207. The maximum absolute atomic E-state index is 13.5. The summed E-state index contributed by atoms with van der Waals surface area (Å²) in [4.78, 5) is 101. The number of benzene rings is 5. The van der Waals surface area contributed by atoms with Crippen LogP contribution in [-0.2, 0) is 19.4 Å². The van der Waals surface area contributed by atoms with Crippen LogP contribution >= 0.6 is 34.4 Å². The number of amides is 5. The molecule has 15 heterocycles. The standard InChI is InChI=1S/C19H16F2N4O3.C19H15F2N3O3S.C18H14F3N5O3.C18H14F2N4O3S.C18H13F2N3O3S/c1-3-25-6-4-5-14(25)18(26)24-17-10-22-13(9-23-17)12-8-16-15(7-11(12)2)27-19(20,21)28-16;1-3-11-9-23-28-17(11)18(25)24-16-5-4-12(8-22-16)13-7-15-14(6-10(13)2)26-19(20,21)27-15;1-9-5-14-15(29-18(20,21)28-14)6-11(9)12-7-23-16(8-22-12)25-17(27)13-3-4-24-26(13)10(2)19;1-3-10-6-23-28-16(10)17(25)24-15-8-21-12(7-22-15)11-5-14-13(4-9(11)2)26-18(19,20)27-14;1-9-3-14-15(26-18(19,20)25-14)4-11(9)13-5-22-16(6-21-13)23-17(24)12-8-27-7-10(12)2/h4-10H,3H2,1-2H3,(H,23,24,26);4-9H,3H2,1-2H3,(H,22,24,25);3-8,10H,1-2H3,(H,23,25,27);4-8H,3H2,1-2H3,(H,22,24,25);3-8H,1-2H3,(H,22,23,24). The molecule has 140 heavy (non-hydrogen) atoms. The molecule has 5 aliphatic heterocycles. The number of rotatable bonds is 19. The molecule has 10 aromatic heterocycles. The zero-order valence-electron chi connectivity index (χ0n) is 74.3. The molecule has 5 N–H and O–H groups in total. The van der Waals surface area contributed by atoms with Crippen LogP contribution < -0.4 is 74.0 Å². The third-order valence-electron chi connectivity index (χ3n) is 20.9. The Hall–Kier alpha value is -16.4. The molecule has 0 fully saturated rings. The van der Waals surface area contributed by atoms with Crippen LogP contribution in [0.15, 0.2) is 182 Å². The number of carbonyl (C=O) groups is 5. The molecular weight excluding hydrogens is 1920 g/mol. The van der Waals surface area contributed by atoms with E-state index < -0.39 is 43.7 Å². The third-order valence-corrected chi connectivity index (χ3v) is 23.5. The summed E-state index contributed by atoms with van der Waals surface area (Å²) in [6.45, 7) is 18.3. The first-order valence-corrected chi connectivity index (χ1v) is 44.2. The van der Waals surface area contributed by atoms with Gasteiger partial charge >= 0.3 is 31.5 Å². The molecule has 5 amide bonds. The van der Waals surface area contributed by atoms with Crippen LogP contribution in [0.4, 0.5) is 77.4 Å².